The van der Waals surface area contributed by atoms with Crippen LogP contribution >= 0.6 is 0 Å². The molecule has 0 spiro atoms. The molecule has 6 heteroatoms. The summed E-state index contributed by atoms with van der Waals surface area (Å²) in [6, 6.07) is 3.93. The highest BCUT2D eigenvalue weighted by Crippen LogP contribution is 2.44. The van der Waals surface area contributed by atoms with Crippen molar-refractivity contribution in [1.82, 2.24) is 4.90 Å². The number of likely N-dealkylation sites (tertiary alicyclic amines) is 1. The molecular weight excluding hydrogens is 282 g/mol. The molecule has 3 aliphatic heterocycles. The molecule has 3 heterocycles. The number of fused-ring (bicyclic) bond motifs is 2. The van der Waals surface area contributed by atoms with E-state index in [0.717, 1.165) is 48.8 Å². The van der Waals surface area contributed by atoms with E-state index in [1.807, 2.05) is 24.0 Å². The van der Waals surface area contributed by atoms with Crippen LogP contribution in [0, 0.1) is 0 Å². The largest absolute Gasteiger partial charge is 0.454 e. The lowest BCUT2D eigenvalue weighted by atomic mass is 9.99. The minimum Gasteiger partial charge on any atom is -0.454 e. The Labute approximate surface area is 130 Å². The van der Waals surface area contributed by atoms with Crippen molar-refractivity contribution < 1.29 is 14.3 Å². The first kappa shape index (κ1) is 13.7. The Morgan fingerprint density at radius 2 is 1.86 bits per heavy atom. The van der Waals surface area contributed by atoms with Gasteiger partial charge in [-0.15, -0.1) is 0 Å². The van der Waals surface area contributed by atoms with Crippen LogP contribution in [-0.2, 0) is 4.79 Å². The molecule has 0 aromatic heterocycles. The van der Waals surface area contributed by atoms with Crippen molar-refractivity contribution in [1.29, 1.82) is 0 Å². The fraction of sp³-hybridized carbons (Fsp3) is 0.562. The number of hydrogen-bond acceptors (Lipinski definition) is 5. The SMILES string of the molecule is CC1Nc2cc3c(cc2N(C2CCN(C)CC2)C1=O)OCO3. The monoisotopic (exact) mass is 303 g/mol. The maximum atomic E-state index is 12.7. The summed E-state index contributed by atoms with van der Waals surface area (Å²) in [5.41, 5.74) is 1.87. The maximum absolute atomic E-state index is 12.7. The molecular formula is C16H21N3O3. The van der Waals surface area contributed by atoms with Gasteiger partial charge in [0.25, 0.3) is 0 Å². The second kappa shape index (κ2) is 5.05. The van der Waals surface area contributed by atoms with Crippen molar-refractivity contribution in [3.05, 3.63) is 12.1 Å². The van der Waals surface area contributed by atoms with E-state index in [4.69, 9.17) is 9.47 Å². The van der Waals surface area contributed by atoms with Gasteiger partial charge in [0.05, 0.1) is 11.4 Å². The maximum Gasteiger partial charge on any atom is 0.249 e. The lowest BCUT2D eigenvalue weighted by molar-refractivity contribution is -0.119. The number of ether oxygens (including phenoxy) is 2. The number of piperidine rings is 1. The van der Waals surface area contributed by atoms with Gasteiger partial charge in [-0.1, -0.05) is 0 Å². The summed E-state index contributed by atoms with van der Waals surface area (Å²) in [4.78, 5) is 17.0. The van der Waals surface area contributed by atoms with Crippen LogP contribution in [0.2, 0.25) is 0 Å². The number of anilines is 2. The number of benzene rings is 1. The van der Waals surface area contributed by atoms with Crippen molar-refractivity contribution in [2.45, 2.75) is 31.8 Å². The molecule has 4 rings (SSSR count). The summed E-state index contributed by atoms with van der Waals surface area (Å²) in [6.07, 6.45) is 2.01. The molecule has 118 valence electrons. The van der Waals surface area contributed by atoms with Crippen molar-refractivity contribution in [2.24, 2.45) is 0 Å². The fourth-order valence-corrected chi connectivity index (χ4v) is 3.50. The highest BCUT2D eigenvalue weighted by molar-refractivity contribution is 6.05. The molecule has 1 unspecified atom stereocenters. The van der Waals surface area contributed by atoms with Crippen LogP contribution in [0.25, 0.3) is 0 Å². The average molecular weight is 303 g/mol. The molecule has 6 nitrogen and oxygen atoms in total. The van der Waals surface area contributed by atoms with E-state index >= 15 is 0 Å². The molecule has 1 N–H and O–H groups in total. The van der Waals surface area contributed by atoms with Gasteiger partial charge in [-0.2, -0.15) is 0 Å². The van der Waals surface area contributed by atoms with E-state index in [1.54, 1.807) is 0 Å². The molecule has 1 amide bonds. The quantitative estimate of drug-likeness (QED) is 0.855. The molecule has 22 heavy (non-hydrogen) atoms. The molecule has 1 fully saturated rings. The fourth-order valence-electron chi connectivity index (χ4n) is 3.50. The van der Waals surface area contributed by atoms with Gasteiger partial charge in [-0.05, 0) is 39.9 Å². The Morgan fingerprint density at radius 3 is 2.59 bits per heavy atom. The van der Waals surface area contributed by atoms with Crippen molar-refractivity contribution >= 4 is 17.3 Å². The number of nitrogens with zero attached hydrogens (tertiary/aromatic N) is 2. The first-order valence-electron chi connectivity index (χ1n) is 7.85. The second-order valence-corrected chi connectivity index (χ2v) is 6.33. The Hall–Kier alpha value is -1.95. The van der Waals surface area contributed by atoms with Crippen LogP contribution in [0.4, 0.5) is 11.4 Å². The van der Waals surface area contributed by atoms with E-state index < -0.39 is 0 Å². The minimum absolute atomic E-state index is 0.140. The van der Waals surface area contributed by atoms with E-state index in [-0.39, 0.29) is 24.8 Å². The lowest BCUT2D eigenvalue weighted by Gasteiger charge is -2.42. The third kappa shape index (κ3) is 2.09. The van der Waals surface area contributed by atoms with Gasteiger partial charge in [0.1, 0.15) is 6.04 Å². The highest BCUT2D eigenvalue weighted by Gasteiger charge is 2.37. The zero-order valence-corrected chi connectivity index (χ0v) is 13.0. The van der Waals surface area contributed by atoms with Crippen LogP contribution in [0.5, 0.6) is 11.5 Å². The normalized spacial score (nSPS) is 25.1. The summed E-state index contributed by atoms with van der Waals surface area (Å²) >= 11 is 0. The zero-order valence-electron chi connectivity index (χ0n) is 13.0. The molecule has 0 aliphatic carbocycles. The van der Waals surface area contributed by atoms with Crippen LogP contribution < -0.4 is 19.7 Å². The summed E-state index contributed by atoms with van der Waals surface area (Å²) in [5, 5.41) is 3.28. The molecule has 0 radical (unpaired) electrons. The van der Waals surface area contributed by atoms with Crippen LogP contribution in [0.3, 0.4) is 0 Å². The number of nitrogens with one attached hydrogen (secondary N) is 1. The van der Waals surface area contributed by atoms with E-state index in [1.165, 1.54) is 0 Å². The predicted octanol–water partition coefficient (Wildman–Crippen LogP) is 1.66. The van der Waals surface area contributed by atoms with Gasteiger partial charge in [0, 0.05) is 18.2 Å². The first-order chi connectivity index (χ1) is 10.6. The van der Waals surface area contributed by atoms with Gasteiger partial charge in [-0.25, -0.2) is 0 Å². The second-order valence-electron chi connectivity index (χ2n) is 6.33. The zero-order chi connectivity index (χ0) is 15.3. The van der Waals surface area contributed by atoms with Crippen molar-refractivity contribution in [2.75, 3.05) is 37.1 Å². The Kier molecular flexibility index (Phi) is 3.14. The third-order valence-electron chi connectivity index (χ3n) is 4.78. The minimum atomic E-state index is -0.215. The van der Waals surface area contributed by atoms with Crippen molar-refractivity contribution in [3.8, 4) is 11.5 Å². The van der Waals surface area contributed by atoms with Gasteiger partial charge in [0.2, 0.25) is 12.7 Å². The summed E-state index contributed by atoms with van der Waals surface area (Å²) in [7, 11) is 2.13. The summed E-state index contributed by atoms with van der Waals surface area (Å²) in [5.74, 6) is 1.61. The molecule has 1 saturated heterocycles. The molecule has 1 aromatic rings. The van der Waals surface area contributed by atoms with Gasteiger partial charge < -0.3 is 24.6 Å². The number of amides is 1. The van der Waals surface area contributed by atoms with Crippen LogP contribution in [0.15, 0.2) is 12.1 Å². The Bertz CT molecular complexity index is 611. The third-order valence-corrected chi connectivity index (χ3v) is 4.78. The molecule has 0 saturated carbocycles. The predicted molar refractivity (Wildman–Crippen MR) is 83.7 cm³/mol. The number of carbonyl (C=O) groups is 1. The summed E-state index contributed by atoms with van der Waals surface area (Å²) in [6.45, 7) is 4.21. The van der Waals surface area contributed by atoms with Crippen LogP contribution in [0.1, 0.15) is 19.8 Å². The van der Waals surface area contributed by atoms with Gasteiger partial charge in [-0.3, -0.25) is 4.79 Å². The number of rotatable bonds is 1. The van der Waals surface area contributed by atoms with Gasteiger partial charge >= 0.3 is 0 Å². The van der Waals surface area contributed by atoms with E-state index in [2.05, 4.69) is 17.3 Å². The first-order valence-corrected chi connectivity index (χ1v) is 7.85. The number of hydrogen-bond donors (Lipinski definition) is 1. The average Bonchev–Trinajstić information content (AvgIpc) is 2.95. The lowest BCUT2D eigenvalue weighted by Crippen LogP contribution is -2.53. The number of carbonyl (C=O) groups excluding carboxylic acids is 1. The topological polar surface area (TPSA) is 54.0 Å². The standard InChI is InChI=1S/C16H21N3O3/c1-10-16(20)19(11-3-5-18(2)6-4-11)13-8-15-14(21-9-22-15)7-12(13)17-10/h7-8,10-11,17H,3-6,9H2,1-2H3. The van der Waals surface area contributed by atoms with E-state index in [0.29, 0.717) is 0 Å². The Morgan fingerprint density at radius 1 is 1.18 bits per heavy atom. The van der Waals surface area contributed by atoms with Crippen molar-refractivity contribution in [3.63, 3.8) is 0 Å². The molecule has 1 aromatic carbocycles. The Balaban J connectivity index is 1.73. The molecule has 3 aliphatic rings. The van der Waals surface area contributed by atoms with E-state index in [9.17, 15) is 4.79 Å². The molecule has 1 atom stereocenters. The van der Waals surface area contributed by atoms with Crippen LogP contribution in [-0.4, -0.2) is 49.8 Å². The molecule has 0 bridgehead atoms. The summed E-state index contributed by atoms with van der Waals surface area (Å²) < 4.78 is 10.9. The highest BCUT2D eigenvalue weighted by atomic mass is 16.7. The van der Waals surface area contributed by atoms with Gasteiger partial charge in [0.15, 0.2) is 11.5 Å². The smallest absolute Gasteiger partial charge is 0.249 e.